The van der Waals surface area contributed by atoms with Gasteiger partial charge in [-0.1, -0.05) is 0 Å². The molecule has 0 bridgehead atoms. The first kappa shape index (κ1) is 24.0. The number of benzene rings is 2. The molecule has 0 spiro atoms. The maximum atomic E-state index is 14.6. The highest BCUT2D eigenvalue weighted by Crippen LogP contribution is 2.37. The summed E-state index contributed by atoms with van der Waals surface area (Å²) in [5.74, 6) is 0.0243. The van der Waals surface area contributed by atoms with Gasteiger partial charge in [0.25, 0.3) is 0 Å². The number of pyridine rings is 1. The van der Waals surface area contributed by atoms with Crippen LogP contribution in [0.2, 0.25) is 0 Å². The predicted molar refractivity (Wildman–Crippen MR) is 131 cm³/mol. The highest BCUT2D eigenvalue weighted by atomic mass is 19.1. The summed E-state index contributed by atoms with van der Waals surface area (Å²) in [6, 6.07) is 10.5. The SMILES string of the molecule is CNc1nc(-c2cccnc2)nc2c(OCCCC(=O)N(C)C)cc(-c3ccc(F)cc3F)cc12. The zero-order chi connectivity index (χ0) is 24.9. The van der Waals surface area contributed by atoms with Gasteiger partial charge in [-0.05, 0) is 48.4 Å². The maximum absolute atomic E-state index is 14.6. The molecule has 0 fully saturated rings. The van der Waals surface area contributed by atoms with Crippen LogP contribution in [0.15, 0.2) is 54.9 Å². The van der Waals surface area contributed by atoms with E-state index in [1.807, 2.05) is 6.07 Å². The Morgan fingerprint density at radius 3 is 2.60 bits per heavy atom. The van der Waals surface area contributed by atoms with Gasteiger partial charge in [0, 0.05) is 62.5 Å². The molecule has 1 N–H and O–H groups in total. The lowest BCUT2D eigenvalue weighted by molar-refractivity contribution is -0.128. The first-order chi connectivity index (χ1) is 16.9. The van der Waals surface area contributed by atoms with Crippen LogP contribution in [0.25, 0.3) is 33.4 Å². The predicted octanol–water partition coefficient (Wildman–Crippen LogP) is 4.93. The maximum Gasteiger partial charge on any atom is 0.222 e. The molecule has 0 atom stereocenters. The van der Waals surface area contributed by atoms with Crippen molar-refractivity contribution >= 4 is 22.6 Å². The molecular weight excluding hydrogens is 452 g/mol. The van der Waals surface area contributed by atoms with Crippen molar-refractivity contribution in [1.82, 2.24) is 19.9 Å². The zero-order valence-corrected chi connectivity index (χ0v) is 19.7. The molecule has 0 saturated heterocycles. The smallest absolute Gasteiger partial charge is 0.222 e. The van der Waals surface area contributed by atoms with E-state index >= 15 is 0 Å². The Kier molecular flexibility index (Phi) is 7.14. The summed E-state index contributed by atoms with van der Waals surface area (Å²) in [6.45, 7) is 0.255. The number of nitrogens with zero attached hydrogens (tertiary/aromatic N) is 4. The summed E-state index contributed by atoms with van der Waals surface area (Å²) in [6.07, 6.45) is 4.15. The largest absolute Gasteiger partial charge is 0.491 e. The molecule has 180 valence electrons. The van der Waals surface area contributed by atoms with Gasteiger partial charge in [0.15, 0.2) is 5.82 Å². The lowest BCUT2D eigenvalue weighted by Gasteiger charge is -2.15. The van der Waals surface area contributed by atoms with Gasteiger partial charge in [0.2, 0.25) is 5.91 Å². The Hall–Kier alpha value is -4.14. The van der Waals surface area contributed by atoms with Gasteiger partial charge >= 0.3 is 0 Å². The first-order valence-electron chi connectivity index (χ1n) is 11.1. The number of amides is 1. The Morgan fingerprint density at radius 2 is 1.91 bits per heavy atom. The molecule has 1 amide bonds. The third-order valence-corrected chi connectivity index (χ3v) is 5.46. The number of aromatic nitrogens is 3. The fraction of sp³-hybridized carbons (Fsp3) is 0.231. The van der Waals surface area contributed by atoms with Gasteiger partial charge in [0.05, 0.1) is 6.61 Å². The summed E-state index contributed by atoms with van der Waals surface area (Å²) in [7, 11) is 5.13. The van der Waals surface area contributed by atoms with E-state index in [-0.39, 0.29) is 18.1 Å². The minimum Gasteiger partial charge on any atom is -0.491 e. The molecule has 0 aliphatic heterocycles. The van der Waals surface area contributed by atoms with Crippen LogP contribution in [0, 0.1) is 11.6 Å². The molecule has 0 radical (unpaired) electrons. The number of hydrogen-bond donors (Lipinski definition) is 1. The molecule has 35 heavy (non-hydrogen) atoms. The second-order valence-corrected chi connectivity index (χ2v) is 8.12. The molecule has 0 aliphatic rings. The van der Waals surface area contributed by atoms with Crippen LogP contribution in [-0.4, -0.2) is 53.5 Å². The molecule has 4 rings (SSSR count). The zero-order valence-electron chi connectivity index (χ0n) is 19.7. The molecule has 9 heteroatoms. The van der Waals surface area contributed by atoms with Crippen molar-refractivity contribution in [3.63, 3.8) is 0 Å². The van der Waals surface area contributed by atoms with Crippen LogP contribution in [0.5, 0.6) is 5.75 Å². The van der Waals surface area contributed by atoms with Gasteiger partial charge in [-0.15, -0.1) is 0 Å². The fourth-order valence-electron chi connectivity index (χ4n) is 3.63. The van der Waals surface area contributed by atoms with Crippen molar-refractivity contribution < 1.29 is 18.3 Å². The Labute approximate surface area is 201 Å². The number of ether oxygens (including phenoxy) is 1. The van der Waals surface area contributed by atoms with Crippen molar-refractivity contribution in [3.05, 3.63) is 66.5 Å². The molecular formula is C26H25F2N5O2. The Balaban J connectivity index is 1.82. The highest BCUT2D eigenvalue weighted by Gasteiger charge is 2.17. The molecule has 0 unspecified atom stereocenters. The third kappa shape index (κ3) is 5.34. The summed E-state index contributed by atoms with van der Waals surface area (Å²) < 4.78 is 34.2. The fourth-order valence-corrected chi connectivity index (χ4v) is 3.63. The number of rotatable bonds is 8. The molecule has 7 nitrogen and oxygen atoms in total. The number of anilines is 1. The number of nitrogens with one attached hydrogen (secondary N) is 1. The van der Waals surface area contributed by atoms with E-state index < -0.39 is 11.6 Å². The van der Waals surface area contributed by atoms with Crippen LogP contribution in [0.1, 0.15) is 12.8 Å². The summed E-state index contributed by atoms with van der Waals surface area (Å²) >= 11 is 0. The van der Waals surface area contributed by atoms with Crippen LogP contribution in [0.3, 0.4) is 0 Å². The summed E-state index contributed by atoms with van der Waals surface area (Å²) in [5.41, 5.74) is 1.96. The van der Waals surface area contributed by atoms with Crippen molar-refractivity contribution in [2.24, 2.45) is 0 Å². The van der Waals surface area contributed by atoms with E-state index in [1.165, 1.54) is 17.0 Å². The van der Waals surface area contributed by atoms with Gasteiger partial charge in [-0.25, -0.2) is 18.7 Å². The average molecular weight is 478 g/mol. The van der Waals surface area contributed by atoms with E-state index in [1.54, 1.807) is 51.7 Å². The minimum atomic E-state index is -0.689. The second kappa shape index (κ2) is 10.4. The number of fused-ring (bicyclic) bond motifs is 1. The van der Waals surface area contributed by atoms with Gasteiger partial charge in [0.1, 0.15) is 28.7 Å². The van der Waals surface area contributed by atoms with E-state index in [0.717, 1.165) is 11.6 Å². The lowest BCUT2D eigenvalue weighted by Crippen LogP contribution is -2.21. The minimum absolute atomic E-state index is 0.000694. The van der Waals surface area contributed by atoms with E-state index in [9.17, 15) is 13.6 Å². The van der Waals surface area contributed by atoms with E-state index in [2.05, 4.69) is 15.3 Å². The van der Waals surface area contributed by atoms with Crippen LogP contribution in [-0.2, 0) is 4.79 Å². The first-order valence-corrected chi connectivity index (χ1v) is 11.1. The van der Waals surface area contributed by atoms with Gasteiger partial charge < -0.3 is 15.0 Å². The number of halogens is 2. The van der Waals surface area contributed by atoms with Crippen molar-refractivity contribution in [2.45, 2.75) is 12.8 Å². The summed E-state index contributed by atoms with van der Waals surface area (Å²) in [4.78, 5) is 26.9. The molecule has 0 saturated carbocycles. The standard InChI is InChI=1S/C26H25F2N5O2/c1-29-26-20-12-17(19-9-8-18(27)14-21(19)28)13-22(35-11-5-7-23(34)33(2)3)24(20)31-25(32-26)16-6-4-10-30-15-16/h4,6,8-10,12-15H,5,7,11H2,1-3H3,(H,29,31,32). The second-order valence-electron chi connectivity index (χ2n) is 8.12. The number of hydrogen-bond acceptors (Lipinski definition) is 6. The van der Waals surface area contributed by atoms with E-state index in [4.69, 9.17) is 9.72 Å². The Bertz CT molecular complexity index is 1360. The lowest BCUT2D eigenvalue weighted by atomic mass is 10.0. The quantitative estimate of drug-likeness (QED) is 0.363. The highest BCUT2D eigenvalue weighted by molar-refractivity contribution is 5.97. The van der Waals surface area contributed by atoms with Crippen LogP contribution < -0.4 is 10.1 Å². The molecule has 2 aromatic carbocycles. The van der Waals surface area contributed by atoms with Crippen molar-refractivity contribution in [3.8, 4) is 28.3 Å². The number of carbonyl (C=O) groups is 1. The number of carbonyl (C=O) groups excluding carboxylic acids is 1. The van der Waals surface area contributed by atoms with E-state index in [0.29, 0.717) is 46.7 Å². The van der Waals surface area contributed by atoms with Gasteiger partial charge in [-0.3, -0.25) is 9.78 Å². The molecule has 2 heterocycles. The molecule has 2 aromatic heterocycles. The Morgan fingerprint density at radius 1 is 1.09 bits per heavy atom. The van der Waals surface area contributed by atoms with Crippen molar-refractivity contribution in [2.75, 3.05) is 33.1 Å². The monoisotopic (exact) mass is 477 g/mol. The summed E-state index contributed by atoms with van der Waals surface area (Å²) in [5, 5.41) is 3.69. The van der Waals surface area contributed by atoms with Gasteiger partial charge in [-0.2, -0.15) is 0 Å². The van der Waals surface area contributed by atoms with Crippen LogP contribution >= 0.6 is 0 Å². The van der Waals surface area contributed by atoms with Crippen molar-refractivity contribution in [1.29, 1.82) is 0 Å². The topological polar surface area (TPSA) is 80.2 Å². The normalized spacial score (nSPS) is 10.9. The third-order valence-electron chi connectivity index (χ3n) is 5.46. The van der Waals surface area contributed by atoms with Crippen LogP contribution in [0.4, 0.5) is 14.6 Å². The molecule has 0 aliphatic carbocycles. The average Bonchev–Trinajstić information content (AvgIpc) is 2.86. The molecule has 4 aromatic rings.